The van der Waals surface area contributed by atoms with Gasteiger partial charge in [0.25, 0.3) is 5.91 Å². The smallest absolute Gasteiger partial charge is 0.265 e. The first-order chi connectivity index (χ1) is 11.7. The molecule has 1 aliphatic heterocycles. The predicted octanol–water partition coefficient (Wildman–Crippen LogP) is 2.42. The van der Waals surface area contributed by atoms with Gasteiger partial charge >= 0.3 is 0 Å². The van der Waals surface area contributed by atoms with Crippen LogP contribution in [-0.2, 0) is 18.3 Å². The fourth-order valence-electron chi connectivity index (χ4n) is 2.86. The molecule has 2 heterocycles. The number of hydrogen-bond acceptors (Lipinski definition) is 4. The van der Waals surface area contributed by atoms with Crippen LogP contribution in [-0.4, -0.2) is 26.8 Å². The Hall–Kier alpha value is -3.15. The predicted molar refractivity (Wildman–Crippen MR) is 89.6 cm³/mol. The average molecular weight is 320 g/mol. The van der Waals surface area contributed by atoms with Crippen molar-refractivity contribution in [2.24, 2.45) is 7.05 Å². The summed E-state index contributed by atoms with van der Waals surface area (Å²) in [7, 11) is 1.87. The second-order valence-electron chi connectivity index (χ2n) is 5.72. The lowest BCUT2D eigenvalue weighted by atomic mass is 10.1. The normalized spacial score (nSPS) is 15.6. The SMILES string of the molecule is Cn1cnnc1-c1ccccc1NC(=O)[C@@H]1Cc2ccccc2O1. The maximum Gasteiger partial charge on any atom is 0.265 e. The molecule has 2 aromatic carbocycles. The summed E-state index contributed by atoms with van der Waals surface area (Å²) in [6.07, 6.45) is 1.69. The minimum absolute atomic E-state index is 0.166. The molecule has 0 fully saturated rings. The fourth-order valence-corrected chi connectivity index (χ4v) is 2.86. The van der Waals surface area contributed by atoms with Gasteiger partial charge in [-0.1, -0.05) is 30.3 Å². The summed E-state index contributed by atoms with van der Waals surface area (Å²) in [6, 6.07) is 15.3. The summed E-state index contributed by atoms with van der Waals surface area (Å²) in [6.45, 7) is 0. The van der Waals surface area contributed by atoms with E-state index in [4.69, 9.17) is 4.74 Å². The number of nitrogens with zero attached hydrogens (tertiary/aromatic N) is 3. The van der Waals surface area contributed by atoms with Crippen LogP contribution in [0.4, 0.5) is 5.69 Å². The Balaban J connectivity index is 1.57. The highest BCUT2D eigenvalue weighted by Crippen LogP contribution is 2.30. The van der Waals surface area contributed by atoms with Crippen molar-refractivity contribution in [1.82, 2.24) is 14.8 Å². The summed E-state index contributed by atoms with van der Waals surface area (Å²) in [4.78, 5) is 12.6. The largest absolute Gasteiger partial charge is 0.480 e. The molecule has 0 spiro atoms. The Kier molecular flexibility index (Phi) is 3.49. The molecule has 0 aliphatic carbocycles. The molecule has 4 rings (SSSR count). The van der Waals surface area contributed by atoms with Crippen molar-refractivity contribution in [3.8, 4) is 17.1 Å². The molecule has 0 radical (unpaired) electrons. The second-order valence-corrected chi connectivity index (χ2v) is 5.72. The van der Waals surface area contributed by atoms with Crippen LogP contribution < -0.4 is 10.1 Å². The van der Waals surface area contributed by atoms with Gasteiger partial charge in [-0.25, -0.2) is 0 Å². The molecule has 6 heteroatoms. The first-order valence-electron chi connectivity index (χ1n) is 7.71. The molecular weight excluding hydrogens is 304 g/mol. The number of amides is 1. The molecule has 1 atom stereocenters. The standard InChI is InChI=1S/C18H16N4O2/c1-22-11-19-21-17(22)13-7-3-4-8-14(13)20-18(23)16-10-12-6-2-5-9-15(12)24-16/h2-9,11,16H,10H2,1H3,(H,20,23)/t16-/m0/s1. The van der Waals surface area contributed by atoms with E-state index in [0.717, 1.165) is 16.9 Å². The van der Waals surface area contributed by atoms with Crippen molar-refractivity contribution in [1.29, 1.82) is 0 Å². The molecular formula is C18H16N4O2. The highest BCUT2D eigenvalue weighted by Gasteiger charge is 2.29. The third-order valence-corrected chi connectivity index (χ3v) is 4.08. The monoisotopic (exact) mass is 320 g/mol. The van der Waals surface area contributed by atoms with Crippen LogP contribution in [0.25, 0.3) is 11.4 Å². The summed E-state index contributed by atoms with van der Waals surface area (Å²) >= 11 is 0. The fraction of sp³-hybridized carbons (Fsp3) is 0.167. The molecule has 1 amide bonds. The molecule has 24 heavy (non-hydrogen) atoms. The quantitative estimate of drug-likeness (QED) is 0.805. The van der Waals surface area contributed by atoms with Gasteiger partial charge in [0.05, 0.1) is 5.69 Å². The van der Waals surface area contributed by atoms with Gasteiger partial charge in [0, 0.05) is 19.0 Å². The van der Waals surface area contributed by atoms with Crippen molar-refractivity contribution in [3.05, 3.63) is 60.4 Å². The van der Waals surface area contributed by atoms with E-state index in [1.807, 2.05) is 60.1 Å². The van der Waals surface area contributed by atoms with E-state index < -0.39 is 6.10 Å². The van der Waals surface area contributed by atoms with Gasteiger partial charge in [-0.3, -0.25) is 4.79 Å². The summed E-state index contributed by atoms with van der Waals surface area (Å²) in [5, 5.41) is 11.0. The van der Waals surface area contributed by atoms with Crippen LogP contribution in [0.5, 0.6) is 5.75 Å². The van der Waals surface area contributed by atoms with Crippen molar-refractivity contribution < 1.29 is 9.53 Å². The summed E-state index contributed by atoms with van der Waals surface area (Å²) in [5.74, 6) is 1.31. The zero-order chi connectivity index (χ0) is 16.5. The number of carbonyl (C=O) groups is 1. The number of aryl methyl sites for hydroxylation is 1. The number of para-hydroxylation sites is 2. The number of benzene rings is 2. The first kappa shape index (κ1) is 14.4. The van der Waals surface area contributed by atoms with Gasteiger partial charge in [0.1, 0.15) is 12.1 Å². The minimum atomic E-state index is -0.519. The number of fused-ring (bicyclic) bond motifs is 1. The van der Waals surface area contributed by atoms with Gasteiger partial charge in [-0.2, -0.15) is 0 Å². The Morgan fingerprint density at radius 2 is 2.00 bits per heavy atom. The van der Waals surface area contributed by atoms with Crippen molar-refractivity contribution >= 4 is 11.6 Å². The number of rotatable bonds is 3. The van der Waals surface area contributed by atoms with Crippen LogP contribution in [0.2, 0.25) is 0 Å². The molecule has 6 nitrogen and oxygen atoms in total. The Morgan fingerprint density at radius 3 is 2.79 bits per heavy atom. The first-order valence-corrected chi connectivity index (χ1v) is 7.71. The van der Waals surface area contributed by atoms with E-state index in [-0.39, 0.29) is 5.91 Å². The van der Waals surface area contributed by atoms with Gasteiger partial charge in [0.15, 0.2) is 11.9 Å². The van der Waals surface area contributed by atoms with Gasteiger partial charge in [-0.15, -0.1) is 10.2 Å². The lowest BCUT2D eigenvalue weighted by molar-refractivity contribution is -0.122. The van der Waals surface area contributed by atoms with E-state index in [0.29, 0.717) is 17.9 Å². The lowest BCUT2D eigenvalue weighted by Gasteiger charge is -2.14. The molecule has 1 N–H and O–H groups in total. The van der Waals surface area contributed by atoms with E-state index in [2.05, 4.69) is 15.5 Å². The lowest BCUT2D eigenvalue weighted by Crippen LogP contribution is -2.31. The van der Waals surface area contributed by atoms with Gasteiger partial charge in [-0.05, 0) is 23.8 Å². The Morgan fingerprint density at radius 1 is 1.21 bits per heavy atom. The van der Waals surface area contributed by atoms with Crippen molar-refractivity contribution in [2.75, 3.05) is 5.32 Å². The number of aromatic nitrogens is 3. The maximum atomic E-state index is 12.6. The molecule has 1 aromatic heterocycles. The molecule has 0 bridgehead atoms. The van der Waals surface area contributed by atoms with Crippen LogP contribution in [0.15, 0.2) is 54.9 Å². The highest BCUT2D eigenvalue weighted by molar-refractivity contribution is 5.98. The van der Waals surface area contributed by atoms with Crippen LogP contribution in [0.3, 0.4) is 0 Å². The van der Waals surface area contributed by atoms with E-state index >= 15 is 0 Å². The van der Waals surface area contributed by atoms with E-state index in [1.165, 1.54) is 0 Å². The van der Waals surface area contributed by atoms with E-state index in [1.54, 1.807) is 6.33 Å². The van der Waals surface area contributed by atoms with Crippen LogP contribution >= 0.6 is 0 Å². The zero-order valence-electron chi connectivity index (χ0n) is 13.1. The summed E-state index contributed by atoms with van der Waals surface area (Å²) in [5.41, 5.74) is 2.57. The van der Waals surface area contributed by atoms with Gasteiger partial charge in [0.2, 0.25) is 0 Å². The number of anilines is 1. The molecule has 1 aliphatic rings. The second kappa shape index (κ2) is 5.81. The minimum Gasteiger partial charge on any atom is -0.480 e. The summed E-state index contributed by atoms with van der Waals surface area (Å²) < 4.78 is 7.56. The third-order valence-electron chi connectivity index (χ3n) is 4.08. The van der Waals surface area contributed by atoms with Crippen molar-refractivity contribution in [2.45, 2.75) is 12.5 Å². The number of hydrogen-bond donors (Lipinski definition) is 1. The molecule has 0 unspecified atom stereocenters. The average Bonchev–Trinajstić information content (AvgIpc) is 3.21. The maximum absolute atomic E-state index is 12.6. The van der Waals surface area contributed by atoms with Crippen LogP contribution in [0, 0.1) is 0 Å². The van der Waals surface area contributed by atoms with Crippen LogP contribution in [0.1, 0.15) is 5.56 Å². The third kappa shape index (κ3) is 2.52. The topological polar surface area (TPSA) is 69.0 Å². The molecule has 120 valence electrons. The number of carbonyl (C=O) groups excluding carboxylic acids is 1. The number of nitrogens with one attached hydrogen (secondary N) is 1. The Labute approximate surface area is 139 Å². The zero-order valence-corrected chi connectivity index (χ0v) is 13.1. The molecule has 3 aromatic rings. The van der Waals surface area contributed by atoms with Gasteiger partial charge < -0.3 is 14.6 Å². The number of ether oxygens (including phenoxy) is 1. The van der Waals surface area contributed by atoms with E-state index in [9.17, 15) is 4.79 Å². The Bertz CT molecular complexity index is 878. The van der Waals surface area contributed by atoms with Crippen molar-refractivity contribution in [3.63, 3.8) is 0 Å². The molecule has 0 saturated carbocycles. The highest BCUT2D eigenvalue weighted by atomic mass is 16.5. The molecule has 0 saturated heterocycles.